The second kappa shape index (κ2) is 6.18. The molecule has 0 saturated carbocycles. The first-order valence-corrected chi connectivity index (χ1v) is 6.37. The highest BCUT2D eigenvalue weighted by molar-refractivity contribution is 5.80. The Bertz CT molecular complexity index is 403. The van der Waals surface area contributed by atoms with Crippen LogP contribution in [0.15, 0.2) is 12.4 Å². The van der Waals surface area contributed by atoms with Crippen LogP contribution in [0.1, 0.15) is 19.8 Å². The van der Waals surface area contributed by atoms with Crippen LogP contribution in [0.5, 0.6) is 0 Å². The Morgan fingerprint density at radius 1 is 1.28 bits per heavy atom. The Labute approximate surface area is 107 Å². The molecule has 1 aromatic rings. The Hall–Kier alpha value is -1.85. The van der Waals surface area contributed by atoms with Gasteiger partial charge in [0.05, 0.1) is 6.54 Å². The van der Waals surface area contributed by atoms with Crippen molar-refractivity contribution in [2.45, 2.75) is 19.8 Å². The fraction of sp³-hybridized carbons (Fsp3) is 0.583. The van der Waals surface area contributed by atoms with E-state index in [0.29, 0.717) is 12.4 Å². The fourth-order valence-electron chi connectivity index (χ4n) is 1.98. The zero-order chi connectivity index (χ0) is 12.8. The first-order valence-electron chi connectivity index (χ1n) is 6.37. The van der Waals surface area contributed by atoms with Crippen LogP contribution in [0, 0.1) is 0 Å². The first kappa shape index (κ1) is 12.6. The molecule has 0 radical (unpaired) electrons. The second-order valence-corrected chi connectivity index (χ2v) is 4.26. The van der Waals surface area contributed by atoms with Gasteiger partial charge in [-0.15, -0.1) is 0 Å². The van der Waals surface area contributed by atoms with Crippen molar-refractivity contribution >= 4 is 17.5 Å². The molecule has 2 rings (SSSR count). The van der Waals surface area contributed by atoms with E-state index in [-0.39, 0.29) is 5.91 Å². The van der Waals surface area contributed by atoms with Crippen LogP contribution in [0.25, 0.3) is 0 Å². The number of aromatic nitrogens is 2. The molecule has 1 aliphatic rings. The third-order valence-electron chi connectivity index (χ3n) is 2.90. The highest BCUT2D eigenvalue weighted by Crippen LogP contribution is 2.10. The minimum Gasteiger partial charge on any atom is -0.370 e. The van der Waals surface area contributed by atoms with Crippen LogP contribution in [-0.2, 0) is 4.79 Å². The van der Waals surface area contributed by atoms with Gasteiger partial charge in [-0.25, -0.2) is 9.97 Å². The summed E-state index contributed by atoms with van der Waals surface area (Å²) in [6, 6.07) is 1.81. The van der Waals surface area contributed by atoms with E-state index in [1.807, 2.05) is 11.8 Å². The lowest BCUT2D eigenvalue weighted by molar-refractivity contribution is -0.128. The summed E-state index contributed by atoms with van der Waals surface area (Å²) in [7, 11) is 0. The molecule has 1 aromatic heterocycles. The van der Waals surface area contributed by atoms with Crippen LogP contribution in [0.4, 0.5) is 11.6 Å². The number of hydrogen-bond acceptors (Lipinski definition) is 5. The zero-order valence-electron chi connectivity index (χ0n) is 10.6. The third kappa shape index (κ3) is 3.32. The fourth-order valence-corrected chi connectivity index (χ4v) is 1.98. The molecule has 0 spiro atoms. The summed E-state index contributed by atoms with van der Waals surface area (Å²) in [4.78, 5) is 21.9. The highest BCUT2D eigenvalue weighted by atomic mass is 16.2. The second-order valence-electron chi connectivity index (χ2n) is 4.26. The molecule has 98 valence electrons. The lowest BCUT2D eigenvalue weighted by atomic mass is 10.4. The van der Waals surface area contributed by atoms with Gasteiger partial charge >= 0.3 is 0 Å². The number of nitrogens with one attached hydrogen (secondary N) is 2. The van der Waals surface area contributed by atoms with Crippen molar-refractivity contribution in [2.24, 2.45) is 0 Å². The molecule has 6 nitrogen and oxygen atoms in total. The quantitative estimate of drug-likeness (QED) is 0.813. The van der Waals surface area contributed by atoms with E-state index in [9.17, 15) is 4.79 Å². The van der Waals surface area contributed by atoms with Crippen molar-refractivity contribution in [2.75, 3.05) is 36.8 Å². The summed E-state index contributed by atoms with van der Waals surface area (Å²) in [6.45, 7) is 4.87. The molecule has 0 atom stereocenters. The maximum atomic E-state index is 11.8. The van der Waals surface area contributed by atoms with Gasteiger partial charge in [0.2, 0.25) is 5.91 Å². The first-order chi connectivity index (χ1) is 8.79. The Morgan fingerprint density at radius 3 is 2.61 bits per heavy atom. The molecular weight excluding hydrogens is 230 g/mol. The lowest BCUT2D eigenvalue weighted by Gasteiger charge is -2.15. The van der Waals surface area contributed by atoms with Crippen LogP contribution in [-0.4, -0.2) is 47.0 Å². The van der Waals surface area contributed by atoms with E-state index >= 15 is 0 Å². The molecule has 0 aromatic carbocycles. The predicted octanol–water partition coefficient (Wildman–Crippen LogP) is 0.943. The molecule has 1 saturated heterocycles. The summed E-state index contributed by atoms with van der Waals surface area (Å²) < 4.78 is 0. The van der Waals surface area contributed by atoms with Gasteiger partial charge in [0.15, 0.2) is 0 Å². The van der Waals surface area contributed by atoms with Crippen LogP contribution in [0.2, 0.25) is 0 Å². The average Bonchev–Trinajstić information content (AvgIpc) is 2.91. The van der Waals surface area contributed by atoms with E-state index in [4.69, 9.17) is 0 Å². The van der Waals surface area contributed by atoms with Gasteiger partial charge in [0, 0.05) is 25.7 Å². The van der Waals surface area contributed by atoms with Gasteiger partial charge in [-0.05, 0) is 19.8 Å². The summed E-state index contributed by atoms with van der Waals surface area (Å²) in [6.07, 6.45) is 3.72. The molecule has 0 bridgehead atoms. The van der Waals surface area contributed by atoms with Crippen molar-refractivity contribution in [3.63, 3.8) is 0 Å². The van der Waals surface area contributed by atoms with Crippen molar-refractivity contribution in [1.29, 1.82) is 0 Å². The van der Waals surface area contributed by atoms with Crippen LogP contribution >= 0.6 is 0 Å². The Morgan fingerprint density at radius 2 is 1.94 bits per heavy atom. The monoisotopic (exact) mass is 249 g/mol. The molecule has 1 aliphatic heterocycles. The van der Waals surface area contributed by atoms with Gasteiger partial charge in [0.1, 0.15) is 18.0 Å². The number of amides is 1. The van der Waals surface area contributed by atoms with Crippen LogP contribution in [0.3, 0.4) is 0 Å². The molecule has 0 unspecified atom stereocenters. The number of carbonyl (C=O) groups is 1. The van der Waals surface area contributed by atoms with E-state index in [0.717, 1.165) is 38.3 Å². The molecule has 1 fully saturated rings. The van der Waals surface area contributed by atoms with Crippen molar-refractivity contribution in [3.05, 3.63) is 12.4 Å². The standard InChI is InChI=1S/C12H19N5O/c1-2-13-10-7-11(16-9-15-10)14-8-12(18)17-5-3-4-6-17/h7,9H,2-6,8H2,1H3,(H2,13,14,15,16). The Kier molecular flexibility index (Phi) is 4.33. The van der Waals surface area contributed by atoms with Crippen LogP contribution < -0.4 is 10.6 Å². The lowest BCUT2D eigenvalue weighted by Crippen LogP contribution is -2.33. The smallest absolute Gasteiger partial charge is 0.241 e. The molecule has 1 amide bonds. The normalized spacial score (nSPS) is 14.6. The minimum absolute atomic E-state index is 0.135. The van der Waals surface area contributed by atoms with Gasteiger partial charge in [0.25, 0.3) is 0 Å². The maximum absolute atomic E-state index is 11.8. The van der Waals surface area contributed by atoms with Gasteiger partial charge in [-0.2, -0.15) is 0 Å². The molecule has 2 N–H and O–H groups in total. The molecule has 0 aliphatic carbocycles. The van der Waals surface area contributed by atoms with E-state index in [1.54, 1.807) is 6.07 Å². The largest absolute Gasteiger partial charge is 0.370 e. The third-order valence-corrected chi connectivity index (χ3v) is 2.90. The number of hydrogen-bond donors (Lipinski definition) is 2. The van der Waals surface area contributed by atoms with Gasteiger partial charge in [-0.3, -0.25) is 4.79 Å². The molecule has 2 heterocycles. The topological polar surface area (TPSA) is 70.2 Å². The van der Waals surface area contributed by atoms with Gasteiger partial charge < -0.3 is 15.5 Å². The van der Waals surface area contributed by atoms with E-state index in [1.165, 1.54) is 6.33 Å². The SMILES string of the molecule is CCNc1cc(NCC(=O)N2CCCC2)ncn1. The summed E-state index contributed by atoms with van der Waals surface area (Å²) >= 11 is 0. The zero-order valence-corrected chi connectivity index (χ0v) is 10.6. The molecule has 18 heavy (non-hydrogen) atoms. The number of nitrogens with zero attached hydrogens (tertiary/aromatic N) is 3. The number of anilines is 2. The van der Waals surface area contributed by atoms with Crippen molar-refractivity contribution in [3.8, 4) is 0 Å². The van der Waals surface area contributed by atoms with E-state index in [2.05, 4.69) is 20.6 Å². The minimum atomic E-state index is 0.135. The van der Waals surface area contributed by atoms with Crippen molar-refractivity contribution in [1.82, 2.24) is 14.9 Å². The number of rotatable bonds is 5. The average molecular weight is 249 g/mol. The summed E-state index contributed by atoms with van der Waals surface area (Å²) in [5.74, 6) is 1.58. The number of carbonyl (C=O) groups excluding carboxylic acids is 1. The van der Waals surface area contributed by atoms with Gasteiger partial charge in [-0.1, -0.05) is 0 Å². The summed E-state index contributed by atoms with van der Waals surface area (Å²) in [5, 5.41) is 6.14. The highest BCUT2D eigenvalue weighted by Gasteiger charge is 2.17. The van der Waals surface area contributed by atoms with E-state index < -0.39 is 0 Å². The van der Waals surface area contributed by atoms with Crippen molar-refractivity contribution < 1.29 is 4.79 Å². The predicted molar refractivity (Wildman–Crippen MR) is 70.5 cm³/mol. The Balaban J connectivity index is 1.85. The maximum Gasteiger partial charge on any atom is 0.241 e. The summed E-state index contributed by atoms with van der Waals surface area (Å²) in [5.41, 5.74) is 0. The molecular formula is C12H19N5O. The molecule has 6 heteroatoms. The number of likely N-dealkylation sites (tertiary alicyclic amines) is 1.